The molecule has 3 rings (SSSR count). The molecular formula is C15H16F3N3O5. The zero-order chi connectivity index (χ0) is 19.3. The fourth-order valence-electron chi connectivity index (χ4n) is 3.13. The van der Waals surface area contributed by atoms with Crippen molar-refractivity contribution in [3.8, 4) is 6.07 Å². The van der Waals surface area contributed by atoms with Crippen LogP contribution in [0.1, 0.15) is 16.8 Å². The van der Waals surface area contributed by atoms with Crippen LogP contribution in [-0.2, 0) is 15.7 Å². The molecule has 0 aromatic carbocycles. The molecule has 0 aliphatic carbocycles. The fraction of sp³-hybridized carbons (Fsp3) is 0.600. The van der Waals surface area contributed by atoms with Crippen molar-refractivity contribution in [2.75, 3.05) is 18.5 Å². The van der Waals surface area contributed by atoms with Gasteiger partial charge in [0.25, 0.3) is 0 Å². The Kier molecular flexibility index (Phi) is 4.58. The highest BCUT2D eigenvalue weighted by Gasteiger charge is 2.59. The van der Waals surface area contributed by atoms with Gasteiger partial charge in [-0.15, -0.1) is 0 Å². The van der Waals surface area contributed by atoms with E-state index in [4.69, 9.17) is 9.47 Å². The number of pyridine rings is 1. The Morgan fingerprint density at radius 3 is 2.73 bits per heavy atom. The average Bonchev–Trinajstić information content (AvgIpc) is 2.98. The van der Waals surface area contributed by atoms with E-state index in [1.54, 1.807) is 0 Å². The van der Waals surface area contributed by atoms with Crippen molar-refractivity contribution in [1.82, 2.24) is 4.98 Å². The van der Waals surface area contributed by atoms with Gasteiger partial charge < -0.3 is 30.1 Å². The van der Waals surface area contributed by atoms with E-state index >= 15 is 0 Å². The van der Waals surface area contributed by atoms with Crippen LogP contribution < -0.4 is 5.32 Å². The first kappa shape index (κ1) is 18.8. The van der Waals surface area contributed by atoms with Crippen LogP contribution in [0.2, 0.25) is 0 Å². The number of halogens is 3. The SMILES string of the molecule is Cc1cc(C(F)(F)F)c(C#N)c(N[C@H]2[C@H]3OC[C@](CO)(O3)[C@H](O)[C@@H]2O)n1. The number of fused-ring (bicyclic) bond motifs is 2. The number of hydrogen-bond acceptors (Lipinski definition) is 8. The van der Waals surface area contributed by atoms with Crippen molar-refractivity contribution in [1.29, 1.82) is 5.26 Å². The van der Waals surface area contributed by atoms with Crippen molar-refractivity contribution in [2.24, 2.45) is 0 Å². The van der Waals surface area contributed by atoms with Crippen LogP contribution >= 0.6 is 0 Å². The standard InChI is InChI=1S/C15H16F3N3O5/c1-6-2-8(15(16,17)18)7(3-19)12(20-6)21-9-10(23)11(24)14(4-22)5-25-13(9)26-14/h2,9-11,13,22-24H,4-5H2,1H3,(H,20,21)/t9-,10-,11-,13+,14+/m1/s1. The molecule has 2 saturated heterocycles. The van der Waals surface area contributed by atoms with Crippen LogP contribution in [0, 0.1) is 18.3 Å². The second kappa shape index (κ2) is 6.33. The number of aromatic nitrogens is 1. The van der Waals surface area contributed by atoms with E-state index in [0.717, 1.165) is 6.07 Å². The van der Waals surface area contributed by atoms with Crippen LogP contribution in [0.4, 0.5) is 19.0 Å². The Bertz CT molecular complexity index is 753. The summed E-state index contributed by atoms with van der Waals surface area (Å²) in [5.41, 5.74) is -3.42. The quantitative estimate of drug-likeness (QED) is 0.577. The van der Waals surface area contributed by atoms with Gasteiger partial charge in [-0.3, -0.25) is 0 Å². The zero-order valence-electron chi connectivity index (χ0n) is 13.5. The van der Waals surface area contributed by atoms with E-state index < -0.39 is 59.9 Å². The third-order valence-electron chi connectivity index (χ3n) is 4.50. The van der Waals surface area contributed by atoms with E-state index in [1.807, 2.05) is 0 Å². The summed E-state index contributed by atoms with van der Waals surface area (Å²) >= 11 is 0. The van der Waals surface area contributed by atoms with E-state index in [9.17, 15) is 33.8 Å². The number of alkyl halides is 3. The van der Waals surface area contributed by atoms with Gasteiger partial charge in [0.2, 0.25) is 0 Å². The molecule has 2 bridgehead atoms. The van der Waals surface area contributed by atoms with Gasteiger partial charge in [0.05, 0.1) is 18.8 Å². The molecule has 3 heterocycles. The predicted molar refractivity (Wildman–Crippen MR) is 78.8 cm³/mol. The summed E-state index contributed by atoms with van der Waals surface area (Å²) in [4.78, 5) is 3.90. The average molecular weight is 375 g/mol. The lowest BCUT2D eigenvalue weighted by molar-refractivity contribution is -0.224. The monoisotopic (exact) mass is 375 g/mol. The summed E-state index contributed by atoms with van der Waals surface area (Å²) in [5.74, 6) is -0.410. The fourth-order valence-corrected chi connectivity index (χ4v) is 3.13. The highest BCUT2D eigenvalue weighted by Crippen LogP contribution is 2.39. The highest BCUT2D eigenvalue weighted by atomic mass is 19.4. The molecule has 0 unspecified atom stereocenters. The van der Waals surface area contributed by atoms with E-state index in [1.165, 1.54) is 13.0 Å². The number of aliphatic hydroxyl groups excluding tert-OH is 3. The second-order valence-corrected chi connectivity index (χ2v) is 6.27. The molecule has 2 fully saturated rings. The van der Waals surface area contributed by atoms with Gasteiger partial charge in [0.1, 0.15) is 41.3 Å². The van der Waals surface area contributed by atoms with E-state index in [0.29, 0.717) is 0 Å². The Labute approximate surface area is 145 Å². The van der Waals surface area contributed by atoms with Gasteiger partial charge in [0.15, 0.2) is 6.29 Å². The van der Waals surface area contributed by atoms with E-state index in [2.05, 4.69) is 10.3 Å². The molecule has 26 heavy (non-hydrogen) atoms. The zero-order valence-corrected chi connectivity index (χ0v) is 13.5. The van der Waals surface area contributed by atoms with E-state index in [-0.39, 0.29) is 12.3 Å². The molecule has 142 valence electrons. The number of anilines is 1. The Morgan fingerprint density at radius 1 is 1.46 bits per heavy atom. The molecular weight excluding hydrogens is 359 g/mol. The van der Waals surface area contributed by atoms with Gasteiger partial charge in [-0.2, -0.15) is 18.4 Å². The molecule has 0 saturated carbocycles. The first-order valence-corrected chi connectivity index (χ1v) is 7.65. The van der Waals surface area contributed by atoms with Crippen molar-refractivity contribution in [2.45, 2.75) is 43.2 Å². The first-order chi connectivity index (χ1) is 12.1. The Morgan fingerprint density at radius 2 is 2.15 bits per heavy atom. The molecule has 2 aliphatic heterocycles. The molecule has 2 aliphatic rings. The molecule has 1 aromatic rings. The first-order valence-electron chi connectivity index (χ1n) is 7.65. The van der Waals surface area contributed by atoms with Crippen LogP contribution in [-0.4, -0.2) is 63.7 Å². The maximum absolute atomic E-state index is 13.2. The minimum Gasteiger partial charge on any atom is -0.393 e. The number of ether oxygens (including phenoxy) is 2. The number of nitrogens with zero attached hydrogens (tertiary/aromatic N) is 2. The molecule has 1 aromatic heterocycles. The largest absolute Gasteiger partial charge is 0.417 e. The van der Waals surface area contributed by atoms with Gasteiger partial charge in [-0.25, -0.2) is 4.98 Å². The molecule has 5 atom stereocenters. The number of nitrogens with one attached hydrogen (secondary N) is 1. The minimum absolute atomic E-state index is 0.00244. The normalized spacial score (nSPS) is 33.8. The lowest BCUT2D eigenvalue weighted by Gasteiger charge is -2.42. The summed E-state index contributed by atoms with van der Waals surface area (Å²) in [7, 11) is 0. The Balaban J connectivity index is 1.97. The lowest BCUT2D eigenvalue weighted by Crippen LogP contribution is -2.64. The third kappa shape index (κ3) is 2.89. The van der Waals surface area contributed by atoms with Crippen LogP contribution in [0.25, 0.3) is 0 Å². The molecule has 0 spiro atoms. The number of hydrogen-bond donors (Lipinski definition) is 4. The number of aryl methyl sites for hydroxylation is 1. The highest BCUT2D eigenvalue weighted by molar-refractivity contribution is 5.58. The van der Waals surface area contributed by atoms with Gasteiger partial charge >= 0.3 is 6.18 Å². The number of nitriles is 1. The Hall–Kier alpha value is -1.97. The van der Waals surface area contributed by atoms with Crippen LogP contribution in [0.5, 0.6) is 0 Å². The second-order valence-electron chi connectivity index (χ2n) is 6.27. The van der Waals surface area contributed by atoms with Crippen LogP contribution in [0.15, 0.2) is 6.07 Å². The smallest absolute Gasteiger partial charge is 0.393 e. The maximum atomic E-state index is 13.2. The summed E-state index contributed by atoms with van der Waals surface area (Å²) in [6.45, 7) is 0.511. The topological polar surface area (TPSA) is 128 Å². The maximum Gasteiger partial charge on any atom is 0.417 e. The third-order valence-corrected chi connectivity index (χ3v) is 4.50. The van der Waals surface area contributed by atoms with Crippen molar-refractivity contribution in [3.63, 3.8) is 0 Å². The van der Waals surface area contributed by atoms with Gasteiger partial charge in [-0.05, 0) is 13.0 Å². The lowest BCUT2D eigenvalue weighted by atomic mass is 9.88. The molecule has 8 nitrogen and oxygen atoms in total. The summed E-state index contributed by atoms with van der Waals surface area (Å²) < 4.78 is 50.3. The van der Waals surface area contributed by atoms with Gasteiger partial charge in [-0.1, -0.05) is 0 Å². The van der Waals surface area contributed by atoms with Crippen LogP contribution in [0.3, 0.4) is 0 Å². The molecule has 11 heteroatoms. The number of rotatable bonds is 3. The van der Waals surface area contributed by atoms with Crippen molar-refractivity contribution < 1.29 is 38.0 Å². The molecule has 4 N–H and O–H groups in total. The van der Waals surface area contributed by atoms with Gasteiger partial charge in [0, 0.05) is 5.69 Å². The summed E-state index contributed by atoms with van der Waals surface area (Å²) in [6.07, 6.45) is -9.01. The molecule has 0 amide bonds. The predicted octanol–water partition coefficient (Wildman–Crippen LogP) is -0.0996. The minimum atomic E-state index is -4.77. The van der Waals surface area contributed by atoms with Crippen molar-refractivity contribution >= 4 is 5.82 Å². The summed E-state index contributed by atoms with van der Waals surface area (Å²) in [6, 6.07) is 1.01. The number of aliphatic hydroxyl groups is 3. The summed E-state index contributed by atoms with van der Waals surface area (Å²) in [5, 5.41) is 41.6. The van der Waals surface area contributed by atoms with Crippen molar-refractivity contribution in [3.05, 3.63) is 22.9 Å². The molecule has 0 radical (unpaired) electrons.